The number of carboxylic acid groups (broad SMARTS) is 1. The first-order chi connectivity index (χ1) is 7.47. The van der Waals surface area contributed by atoms with Gasteiger partial charge in [0.2, 0.25) is 5.82 Å². The summed E-state index contributed by atoms with van der Waals surface area (Å²) in [5.74, 6) is -2.92. The van der Waals surface area contributed by atoms with E-state index >= 15 is 0 Å². The van der Waals surface area contributed by atoms with E-state index in [9.17, 15) is 19.3 Å². The maximum atomic E-state index is 13.2. The molecule has 0 aliphatic carbocycles. The molecule has 0 spiro atoms. The minimum absolute atomic E-state index is 0.234. The van der Waals surface area contributed by atoms with Crippen LogP contribution in [0.3, 0.4) is 0 Å². The summed E-state index contributed by atoms with van der Waals surface area (Å²) in [5, 5.41) is 19.2. The molecular weight excluding hydrogens is 217 g/mol. The van der Waals surface area contributed by atoms with Crippen LogP contribution in [0.2, 0.25) is 0 Å². The van der Waals surface area contributed by atoms with Crippen molar-refractivity contribution in [2.24, 2.45) is 0 Å². The van der Waals surface area contributed by atoms with Gasteiger partial charge in [0.05, 0.1) is 10.8 Å². The van der Waals surface area contributed by atoms with Gasteiger partial charge >= 0.3 is 11.7 Å². The quantitative estimate of drug-likeness (QED) is 0.632. The summed E-state index contributed by atoms with van der Waals surface area (Å²) < 4.78 is 13.2. The zero-order valence-corrected chi connectivity index (χ0v) is 8.51. The van der Waals surface area contributed by atoms with Crippen molar-refractivity contribution in [2.75, 3.05) is 0 Å². The number of hydrogen-bond acceptors (Lipinski definition) is 3. The standard InChI is InChI=1S/C10H10FNO4/c1-2-7(10(13)14)6-3-4-9(12(15)16)8(11)5-6/h3-5,7H,2H2,1H3,(H,13,14). The second-order valence-corrected chi connectivity index (χ2v) is 3.27. The molecule has 1 aromatic carbocycles. The van der Waals surface area contributed by atoms with E-state index in [-0.39, 0.29) is 5.56 Å². The molecule has 0 aliphatic heterocycles. The van der Waals surface area contributed by atoms with Crippen molar-refractivity contribution in [3.05, 3.63) is 39.7 Å². The second-order valence-electron chi connectivity index (χ2n) is 3.27. The third-order valence-electron chi connectivity index (χ3n) is 2.28. The van der Waals surface area contributed by atoms with Crippen molar-refractivity contribution in [1.82, 2.24) is 0 Å². The number of nitrogens with zero attached hydrogens (tertiary/aromatic N) is 1. The normalized spacial score (nSPS) is 12.1. The van der Waals surface area contributed by atoms with Crippen LogP contribution < -0.4 is 0 Å². The van der Waals surface area contributed by atoms with Crippen molar-refractivity contribution in [2.45, 2.75) is 19.3 Å². The Morgan fingerprint density at radius 3 is 2.62 bits per heavy atom. The lowest BCUT2D eigenvalue weighted by atomic mass is 9.96. The third kappa shape index (κ3) is 2.33. The molecule has 0 saturated carbocycles. The molecule has 1 unspecified atom stereocenters. The van der Waals surface area contributed by atoms with E-state index in [2.05, 4.69) is 0 Å². The van der Waals surface area contributed by atoms with Gasteiger partial charge in [0.25, 0.3) is 0 Å². The van der Waals surface area contributed by atoms with Crippen molar-refractivity contribution >= 4 is 11.7 Å². The second kappa shape index (κ2) is 4.69. The predicted octanol–water partition coefficient (Wildman–Crippen LogP) is 2.31. The number of aliphatic carboxylic acids is 1. The van der Waals surface area contributed by atoms with Gasteiger partial charge in [0.1, 0.15) is 0 Å². The topological polar surface area (TPSA) is 80.4 Å². The summed E-state index contributed by atoms with van der Waals surface area (Å²) in [6, 6.07) is 3.15. The number of rotatable bonds is 4. The maximum Gasteiger partial charge on any atom is 0.310 e. The summed E-state index contributed by atoms with van der Waals surface area (Å²) in [6.45, 7) is 1.65. The molecule has 0 saturated heterocycles. The Kier molecular flexibility index (Phi) is 3.55. The predicted molar refractivity (Wildman–Crippen MR) is 53.7 cm³/mol. The Hall–Kier alpha value is -1.98. The Morgan fingerprint density at radius 2 is 2.25 bits per heavy atom. The van der Waals surface area contributed by atoms with E-state index in [0.29, 0.717) is 6.42 Å². The highest BCUT2D eigenvalue weighted by Gasteiger charge is 2.21. The first-order valence-electron chi connectivity index (χ1n) is 4.64. The smallest absolute Gasteiger partial charge is 0.310 e. The Balaban J connectivity index is 3.14. The summed E-state index contributed by atoms with van der Waals surface area (Å²) in [4.78, 5) is 20.3. The lowest BCUT2D eigenvalue weighted by Gasteiger charge is -2.09. The first kappa shape index (κ1) is 12.1. The minimum Gasteiger partial charge on any atom is -0.481 e. The van der Waals surface area contributed by atoms with Crippen LogP contribution in [-0.2, 0) is 4.79 Å². The molecule has 0 aliphatic rings. The Bertz CT molecular complexity index is 433. The average Bonchev–Trinajstić information content (AvgIpc) is 2.17. The molecule has 5 nitrogen and oxygen atoms in total. The van der Waals surface area contributed by atoms with Crippen LogP contribution in [0.1, 0.15) is 24.8 Å². The molecule has 1 N–H and O–H groups in total. The Morgan fingerprint density at radius 1 is 1.62 bits per heavy atom. The van der Waals surface area contributed by atoms with E-state index in [0.717, 1.165) is 12.1 Å². The zero-order chi connectivity index (χ0) is 12.3. The van der Waals surface area contributed by atoms with E-state index in [4.69, 9.17) is 5.11 Å². The molecule has 6 heteroatoms. The third-order valence-corrected chi connectivity index (χ3v) is 2.28. The fourth-order valence-corrected chi connectivity index (χ4v) is 1.44. The molecular formula is C10H10FNO4. The maximum absolute atomic E-state index is 13.2. The van der Waals surface area contributed by atoms with Crippen LogP contribution in [-0.4, -0.2) is 16.0 Å². The van der Waals surface area contributed by atoms with Gasteiger partial charge in [-0.1, -0.05) is 13.0 Å². The molecule has 1 atom stereocenters. The fourth-order valence-electron chi connectivity index (χ4n) is 1.44. The number of nitro groups is 1. The van der Waals surface area contributed by atoms with Gasteiger partial charge in [-0.25, -0.2) is 0 Å². The molecule has 1 aromatic rings. The molecule has 0 heterocycles. The molecule has 0 fully saturated rings. The Labute approximate surface area is 90.7 Å². The molecule has 1 rings (SSSR count). The summed E-state index contributed by atoms with van der Waals surface area (Å²) in [6.07, 6.45) is 0.298. The van der Waals surface area contributed by atoms with Crippen LogP contribution in [0.4, 0.5) is 10.1 Å². The number of halogens is 1. The van der Waals surface area contributed by atoms with E-state index in [1.165, 1.54) is 6.07 Å². The van der Waals surface area contributed by atoms with Gasteiger partial charge in [-0.3, -0.25) is 14.9 Å². The van der Waals surface area contributed by atoms with Gasteiger partial charge in [0.15, 0.2) is 0 Å². The number of nitro benzene ring substituents is 1. The van der Waals surface area contributed by atoms with Crippen molar-refractivity contribution in [3.63, 3.8) is 0 Å². The first-order valence-corrected chi connectivity index (χ1v) is 4.64. The monoisotopic (exact) mass is 227 g/mol. The van der Waals surface area contributed by atoms with E-state index in [1.54, 1.807) is 6.92 Å². The molecule has 86 valence electrons. The van der Waals surface area contributed by atoms with Crippen LogP contribution in [0.5, 0.6) is 0 Å². The molecule has 0 amide bonds. The minimum atomic E-state index is -1.07. The van der Waals surface area contributed by atoms with Gasteiger partial charge in [-0.2, -0.15) is 4.39 Å². The summed E-state index contributed by atoms with van der Waals surface area (Å²) in [7, 11) is 0. The van der Waals surface area contributed by atoms with Crippen molar-refractivity contribution in [1.29, 1.82) is 0 Å². The SMILES string of the molecule is CCC(C(=O)O)c1ccc([N+](=O)[O-])c(F)c1. The fraction of sp³-hybridized carbons (Fsp3) is 0.300. The van der Waals surface area contributed by atoms with Crippen molar-refractivity contribution < 1.29 is 19.2 Å². The summed E-state index contributed by atoms with van der Waals surface area (Å²) in [5.41, 5.74) is -0.415. The number of hydrogen-bond donors (Lipinski definition) is 1. The van der Waals surface area contributed by atoms with Crippen LogP contribution in [0.25, 0.3) is 0 Å². The van der Waals surface area contributed by atoms with E-state index < -0.39 is 28.3 Å². The van der Waals surface area contributed by atoms with Crippen molar-refractivity contribution in [3.8, 4) is 0 Å². The van der Waals surface area contributed by atoms with Crippen LogP contribution in [0, 0.1) is 15.9 Å². The average molecular weight is 227 g/mol. The number of carbonyl (C=O) groups is 1. The largest absolute Gasteiger partial charge is 0.481 e. The molecule has 0 aromatic heterocycles. The number of carboxylic acids is 1. The van der Waals surface area contributed by atoms with Crippen LogP contribution >= 0.6 is 0 Å². The summed E-state index contributed by atoms with van der Waals surface area (Å²) >= 11 is 0. The van der Waals surface area contributed by atoms with Crippen LogP contribution in [0.15, 0.2) is 18.2 Å². The number of benzene rings is 1. The van der Waals surface area contributed by atoms with Gasteiger partial charge in [-0.05, 0) is 18.1 Å². The lowest BCUT2D eigenvalue weighted by molar-refractivity contribution is -0.387. The molecule has 0 bridgehead atoms. The molecule has 0 radical (unpaired) electrons. The molecule has 16 heavy (non-hydrogen) atoms. The lowest BCUT2D eigenvalue weighted by Crippen LogP contribution is -2.10. The van der Waals surface area contributed by atoms with Gasteiger partial charge in [0, 0.05) is 6.07 Å². The van der Waals surface area contributed by atoms with Gasteiger partial charge in [-0.15, -0.1) is 0 Å². The zero-order valence-electron chi connectivity index (χ0n) is 8.51. The van der Waals surface area contributed by atoms with Gasteiger partial charge < -0.3 is 5.11 Å². The highest BCUT2D eigenvalue weighted by molar-refractivity contribution is 5.76. The highest BCUT2D eigenvalue weighted by Crippen LogP contribution is 2.25. The highest BCUT2D eigenvalue weighted by atomic mass is 19.1. The van der Waals surface area contributed by atoms with E-state index in [1.807, 2.05) is 0 Å².